The maximum Gasteiger partial charge on any atom is 0.342 e. The van der Waals surface area contributed by atoms with Crippen LogP contribution in [0.1, 0.15) is 47.0 Å². The molecule has 2 N–H and O–H groups in total. The zero-order valence-corrected chi connectivity index (χ0v) is 17.2. The summed E-state index contributed by atoms with van der Waals surface area (Å²) in [5, 5.41) is 22.2. The van der Waals surface area contributed by atoms with Gasteiger partial charge in [0.05, 0.1) is 17.8 Å². The molecule has 1 fully saturated rings. The average Bonchev–Trinajstić information content (AvgIpc) is 3.09. The van der Waals surface area contributed by atoms with Crippen LogP contribution in [0.4, 0.5) is 0 Å². The first kappa shape index (κ1) is 21.7. The molecule has 0 spiro atoms. The third kappa shape index (κ3) is 3.90. The summed E-state index contributed by atoms with van der Waals surface area (Å²) in [6.07, 6.45) is 0.890. The fourth-order valence-electron chi connectivity index (χ4n) is 3.89. The van der Waals surface area contributed by atoms with Crippen LogP contribution in [-0.2, 0) is 28.5 Å². The minimum absolute atomic E-state index is 0.0346. The molecule has 8 nitrogen and oxygen atoms in total. The molecule has 3 aliphatic heterocycles. The summed E-state index contributed by atoms with van der Waals surface area (Å²) >= 11 is 0. The fourth-order valence-corrected chi connectivity index (χ4v) is 3.89. The fraction of sp³-hybridized carbons (Fsp3) is 0.619. The molecule has 1 saturated heterocycles. The lowest BCUT2D eigenvalue weighted by Crippen LogP contribution is -2.54. The van der Waals surface area contributed by atoms with Crippen LogP contribution in [0.2, 0.25) is 0 Å². The first-order valence-corrected chi connectivity index (χ1v) is 9.69. The van der Waals surface area contributed by atoms with E-state index in [1.165, 1.54) is 13.8 Å². The summed E-state index contributed by atoms with van der Waals surface area (Å²) in [7, 11) is 0. The van der Waals surface area contributed by atoms with E-state index in [0.29, 0.717) is 18.6 Å². The molecule has 0 aromatic heterocycles. The van der Waals surface area contributed by atoms with Gasteiger partial charge in [0.25, 0.3) is 0 Å². The van der Waals surface area contributed by atoms with Crippen molar-refractivity contribution in [3.05, 3.63) is 35.1 Å². The monoisotopic (exact) mass is 408 g/mol. The van der Waals surface area contributed by atoms with Gasteiger partial charge in [-0.1, -0.05) is 6.58 Å². The van der Waals surface area contributed by atoms with Crippen LogP contribution in [0.15, 0.2) is 35.1 Å². The van der Waals surface area contributed by atoms with Gasteiger partial charge in [-0.2, -0.15) is 0 Å². The van der Waals surface area contributed by atoms with Gasteiger partial charge < -0.3 is 29.2 Å². The van der Waals surface area contributed by atoms with Crippen molar-refractivity contribution in [2.24, 2.45) is 0 Å². The normalized spacial score (nSPS) is 38.3. The highest BCUT2D eigenvalue weighted by Gasteiger charge is 2.58. The predicted octanol–water partition coefficient (Wildman–Crippen LogP) is 1.66. The maximum absolute atomic E-state index is 12.5. The number of carbonyl (C=O) groups is 2. The van der Waals surface area contributed by atoms with Gasteiger partial charge in [0.2, 0.25) is 0 Å². The second-order valence-electron chi connectivity index (χ2n) is 8.28. The second kappa shape index (κ2) is 7.36. The quantitative estimate of drug-likeness (QED) is 0.522. The Morgan fingerprint density at radius 1 is 1.34 bits per heavy atom. The molecular weight excluding hydrogens is 380 g/mol. The van der Waals surface area contributed by atoms with E-state index >= 15 is 0 Å². The Kier molecular flexibility index (Phi) is 5.51. The standard InChI is InChI=1S/C21H28O8/c1-6-26-11-13-16-14(28-18(13)23)9-19(4)7-8-21(25,29-19)20(5,24)10-15(16)27-17(22)12(2)3/h9,15,24-25H,2,6-8,10-11H2,1,3-5H3/b14-9+/t15-,19-,20-,21+/m1/s1. The molecule has 3 rings (SSSR count). The number of carbonyl (C=O) groups excluding carboxylic acids is 2. The van der Waals surface area contributed by atoms with Gasteiger partial charge in [0, 0.05) is 30.6 Å². The predicted molar refractivity (Wildman–Crippen MR) is 101 cm³/mol. The largest absolute Gasteiger partial charge is 0.454 e. The van der Waals surface area contributed by atoms with Gasteiger partial charge in [0.1, 0.15) is 17.5 Å². The molecule has 0 aromatic rings. The lowest BCUT2D eigenvalue weighted by molar-refractivity contribution is -0.298. The van der Waals surface area contributed by atoms with Gasteiger partial charge in [-0.05, 0) is 40.2 Å². The molecule has 4 atom stereocenters. The molecule has 29 heavy (non-hydrogen) atoms. The Hall–Kier alpha value is -2.00. The molecule has 8 heteroatoms. The second-order valence-corrected chi connectivity index (χ2v) is 8.28. The van der Waals surface area contributed by atoms with Crippen molar-refractivity contribution in [2.75, 3.05) is 13.2 Å². The first-order valence-electron chi connectivity index (χ1n) is 9.69. The number of hydrogen-bond acceptors (Lipinski definition) is 8. The summed E-state index contributed by atoms with van der Waals surface area (Å²) in [5.74, 6) is -2.95. The third-order valence-electron chi connectivity index (χ3n) is 5.63. The number of aliphatic hydroxyl groups is 2. The first-order chi connectivity index (χ1) is 13.4. The van der Waals surface area contributed by atoms with Crippen molar-refractivity contribution in [2.45, 2.75) is 70.1 Å². The summed E-state index contributed by atoms with van der Waals surface area (Å²) in [5.41, 5.74) is -2.06. The van der Waals surface area contributed by atoms with Crippen LogP contribution in [0.3, 0.4) is 0 Å². The zero-order valence-electron chi connectivity index (χ0n) is 17.2. The SMILES string of the molecule is C=C(C)C(=O)O[C@@H]1C[C@@](C)(O)[C@]2(O)CC[C@](C)(/C=C3/OC(=O)C(COCC)=C31)O2. The van der Waals surface area contributed by atoms with Gasteiger partial charge in [-0.15, -0.1) is 0 Å². The van der Waals surface area contributed by atoms with E-state index in [0.717, 1.165) is 0 Å². The van der Waals surface area contributed by atoms with Crippen LogP contribution in [0.25, 0.3) is 0 Å². The Morgan fingerprint density at radius 3 is 2.66 bits per heavy atom. The lowest BCUT2D eigenvalue weighted by Gasteiger charge is -2.40. The molecule has 3 aliphatic rings. The summed E-state index contributed by atoms with van der Waals surface area (Å²) < 4.78 is 22.3. The van der Waals surface area contributed by atoms with E-state index in [2.05, 4.69) is 6.58 Å². The maximum atomic E-state index is 12.5. The van der Waals surface area contributed by atoms with Gasteiger partial charge in [-0.3, -0.25) is 0 Å². The Labute approximate surface area is 169 Å². The van der Waals surface area contributed by atoms with E-state index in [4.69, 9.17) is 18.9 Å². The van der Waals surface area contributed by atoms with Crippen molar-refractivity contribution in [3.8, 4) is 0 Å². The number of ether oxygens (including phenoxy) is 4. The number of hydrogen-bond donors (Lipinski definition) is 2. The number of fused-ring (bicyclic) bond motifs is 3. The summed E-state index contributed by atoms with van der Waals surface area (Å²) in [6.45, 7) is 10.4. The van der Waals surface area contributed by atoms with Crippen molar-refractivity contribution in [1.82, 2.24) is 0 Å². The minimum atomic E-state index is -1.85. The molecule has 3 heterocycles. The van der Waals surface area contributed by atoms with E-state index in [-0.39, 0.29) is 36.4 Å². The molecule has 0 aromatic carbocycles. The van der Waals surface area contributed by atoms with Crippen LogP contribution in [0.5, 0.6) is 0 Å². The highest BCUT2D eigenvalue weighted by atomic mass is 16.7. The van der Waals surface area contributed by atoms with Crippen LogP contribution in [-0.4, -0.2) is 58.5 Å². The van der Waals surface area contributed by atoms with Crippen molar-refractivity contribution in [3.63, 3.8) is 0 Å². The van der Waals surface area contributed by atoms with Crippen LogP contribution in [0, 0.1) is 0 Å². The van der Waals surface area contributed by atoms with E-state index in [1.54, 1.807) is 19.9 Å². The van der Waals surface area contributed by atoms with Gasteiger partial charge in [-0.25, -0.2) is 9.59 Å². The highest BCUT2D eigenvalue weighted by molar-refractivity contribution is 5.95. The minimum Gasteiger partial charge on any atom is -0.454 e. The topological polar surface area (TPSA) is 112 Å². The molecule has 2 bridgehead atoms. The van der Waals surface area contributed by atoms with Crippen molar-refractivity contribution in [1.29, 1.82) is 0 Å². The Balaban J connectivity index is 2.17. The molecule has 160 valence electrons. The molecule has 0 radical (unpaired) electrons. The number of rotatable bonds is 5. The molecule has 0 aliphatic carbocycles. The number of esters is 2. The smallest absolute Gasteiger partial charge is 0.342 e. The average molecular weight is 408 g/mol. The third-order valence-corrected chi connectivity index (χ3v) is 5.63. The Bertz CT molecular complexity index is 807. The van der Waals surface area contributed by atoms with Gasteiger partial charge in [0.15, 0.2) is 5.79 Å². The van der Waals surface area contributed by atoms with Crippen LogP contribution < -0.4 is 0 Å². The summed E-state index contributed by atoms with van der Waals surface area (Å²) in [6, 6.07) is 0. The molecule has 0 unspecified atom stereocenters. The zero-order chi connectivity index (χ0) is 21.6. The van der Waals surface area contributed by atoms with E-state index < -0.39 is 35.0 Å². The molecule has 0 saturated carbocycles. The summed E-state index contributed by atoms with van der Waals surface area (Å²) in [4.78, 5) is 24.8. The van der Waals surface area contributed by atoms with Crippen molar-refractivity contribution >= 4 is 11.9 Å². The van der Waals surface area contributed by atoms with E-state index in [1.807, 2.05) is 0 Å². The Morgan fingerprint density at radius 2 is 2.03 bits per heavy atom. The lowest BCUT2D eigenvalue weighted by atomic mass is 9.82. The molecule has 0 amide bonds. The van der Waals surface area contributed by atoms with E-state index in [9.17, 15) is 19.8 Å². The highest BCUT2D eigenvalue weighted by Crippen LogP contribution is 2.49. The molecular formula is C21H28O8. The van der Waals surface area contributed by atoms with Crippen molar-refractivity contribution < 1.29 is 38.7 Å². The van der Waals surface area contributed by atoms with Crippen LogP contribution >= 0.6 is 0 Å². The van der Waals surface area contributed by atoms with Gasteiger partial charge >= 0.3 is 11.9 Å².